The molecule has 1 fully saturated rings. The zero-order chi connectivity index (χ0) is 15.8. The molecule has 0 unspecified atom stereocenters. The number of amides is 1. The minimum absolute atomic E-state index is 0.0647. The lowest BCUT2D eigenvalue weighted by molar-refractivity contribution is -0.0700. The summed E-state index contributed by atoms with van der Waals surface area (Å²) in [5, 5.41) is 2.63. The number of hydrogen-bond acceptors (Lipinski definition) is 3. The molecule has 0 bridgehead atoms. The molecular formula is C14H17BrF2N2O2. The second-order valence-electron chi connectivity index (χ2n) is 6.25. The summed E-state index contributed by atoms with van der Waals surface area (Å²) < 4.78 is 33.7. The van der Waals surface area contributed by atoms with E-state index >= 15 is 0 Å². The average molecular weight is 363 g/mol. The molecule has 1 heterocycles. The van der Waals surface area contributed by atoms with Crippen molar-refractivity contribution in [1.29, 1.82) is 0 Å². The van der Waals surface area contributed by atoms with Crippen molar-refractivity contribution in [1.82, 2.24) is 10.3 Å². The van der Waals surface area contributed by atoms with Gasteiger partial charge in [0.15, 0.2) is 0 Å². The van der Waals surface area contributed by atoms with Crippen LogP contribution in [-0.4, -0.2) is 22.7 Å². The molecule has 2 rings (SSSR count). The van der Waals surface area contributed by atoms with Crippen LogP contribution in [0.3, 0.4) is 0 Å². The summed E-state index contributed by atoms with van der Waals surface area (Å²) in [6, 6.07) is 2.85. The Balaban J connectivity index is 1.94. The highest BCUT2D eigenvalue weighted by Gasteiger charge is 2.50. The SMILES string of the molecule is CC(C)(C)NC(=O)OC1CC(F)(c2ccc(Br)nc2F)C1. The Morgan fingerprint density at radius 3 is 2.62 bits per heavy atom. The van der Waals surface area contributed by atoms with Crippen LogP contribution < -0.4 is 5.32 Å². The zero-order valence-electron chi connectivity index (χ0n) is 12.0. The van der Waals surface area contributed by atoms with Crippen molar-refractivity contribution in [3.8, 4) is 0 Å². The molecule has 1 amide bonds. The monoisotopic (exact) mass is 362 g/mol. The molecular weight excluding hydrogens is 346 g/mol. The Hall–Kier alpha value is -1.24. The second kappa shape index (κ2) is 5.51. The third-order valence-electron chi connectivity index (χ3n) is 3.15. The van der Waals surface area contributed by atoms with Crippen molar-refractivity contribution < 1.29 is 18.3 Å². The summed E-state index contributed by atoms with van der Waals surface area (Å²) >= 11 is 3.02. The number of ether oxygens (including phenoxy) is 1. The van der Waals surface area contributed by atoms with E-state index in [9.17, 15) is 13.6 Å². The van der Waals surface area contributed by atoms with Gasteiger partial charge in [-0.15, -0.1) is 0 Å². The standard InChI is InChI=1S/C14H17BrF2N2O2/c1-13(2,3)19-12(20)21-8-6-14(17,7-8)9-4-5-10(15)18-11(9)16/h4-5,8H,6-7H2,1-3H3,(H,19,20). The Kier molecular flexibility index (Phi) is 4.24. The number of carbonyl (C=O) groups excluding carboxylic acids is 1. The molecule has 1 aromatic rings. The van der Waals surface area contributed by atoms with Gasteiger partial charge in [-0.2, -0.15) is 4.39 Å². The number of nitrogens with one attached hydrogen (secondary N) is 1. The Morgan fingerprint density at radius 2 is 2.10 bits per heavy atom. The van der Waals surface area contributed by atoms with Gasteiger partial charge in [-0.1, -0.05) is 0 Å². The number of alkyl carbamates (subject to hydrolysis) is 1. The first-order chi connectivity index (χ1) is 9.59. The molecule has 1 aromatic heterocycles. The number of carbonyl (C=O) groups is 1. The van der Waals surface area contributed by atoms with Gasteiger partial charge >= 0.3 is 6.09 Å². The molecule has 1 aliphatic carbocycles. The minimum atomic E-state index is -1.83. The molecule has 0 atom stereocenters. The van der Waals surface area contributed by atoms with Crippen LogP contribution in [0.4, 0.5) is 13.6 Å². The van der Waals surface area contributed by atoms with Crippen molar-refractivity contribution in [2.45, 2.75) is 50.9 Å². The number of hydrogen-bond donors (Lipinski definition) is 1. The molecule has 4 nitrogen and oxygen atoms in total. The number of pyridine rings is 1. The smallest absolute Gasteiger partial charge is 0.407 e. The van der Waals surface area contributed by atoms with E-state index in [4.69, 9.17) is 4.74 Å². The molecule has 0 spiro atoms. The van der Waals surface area contributed by atoms with Crippen molar-refractivity contribution in [3.05, 3.63) is 28.2 Å². The maximum Gasteiger partial charge on any atom is 0.407 e. The quantitative estimate of drug-likeness (QED) is 0.813. The maximum atomic E-state index is 14.6. The number of nitrogens with zero attached hydrogens (tertiary/aromatic N) is 1. The van der Waals surface area contributed by atoms with Gasteiger partial charge < -0.3 is 10.1 Å². The van der Waals surface area contributed by atoms with Crippen molar-refractivity contribution in [2.75, 3.05) is 0 Å². The van der Waals surface area contributed by atoms with Crippen molar-refractivity contribution in [3.63, 3.8) is 0 Å². The first kappa shape index (κ1) is 16.1. The van der Waals surface area contributed by atoms with E-state index < -0.39 is 29.4 Å². The molecule has 1 N–H and O–H groups in total. The van der Waals surface area contributed by atoms with Crippen LogP contribution in [0, 0.1) is 5.95 Å². The molecule has 0 radical (unpaired) electrons. The van der Waals surface area contributed by atoms with Gasteiger partial charge in [0.05, 0.1) is 0 Å². The lowest BCUT2D eigenvalue weighted by Gasteiger charge is -2.40. The van der Waals surface area contributed by atoms with Gasteiger partial charge in [-0.05, 0) is 48.8 Å². The van der Waals surface area contributed by atoms with Crippen LogP contribution in [-0.2, 0) is 10.4 Å². The van der Waals surface area contributed by atoms with Gasteiger partial charge in [0.25, 0.3) is 0 Å². The molecule has 7 heteroatoms. The number of halogens is 3. The van der Waals surface area contributed by atoms with Gasteiger partial charge in [0, 0.05) is 23.9 Å². The summed E-state index contributed by atoms with van der Waals surface area (Å²) in [4.78, 5) is 15.1. The summed E-state index contributed by atoms with van der Waals surface area (Å²) in [5.74, 6) is -0.843. The Bertz CT molecular complexity index is 554. The molecule has 0 aromatic carbocycles. The fourth-order valence-electron chi connectivity index (χ4n) is 2.20. The maximum absolute atomic E-state index is 14.6. The van der Waals surface area contributed by atoms with E-state index in [2.05, 4.69) is 26.2 Å². The number of aromatic nitrogens is 1. The summed E-state index contributed by atoms with van der Waals surface area (Å²) in [5.41, 5.74) is -2.35. The fraction of sp³-hybridized carbons (Fsp3) is 0.571. The highest BCUT2D eigenvalue weighted by Crippen LogP contribution is 2.47. The summed E-state index contributed by atoms with van der Waals surface area (Å²) in [6.45, 7) is 5.45. The van der Waals surface area contributed by atoms with Crippen LogP contribution in [0.25, 0.3) is 0 Å². The first-order valence-corrected chi connectivity index (χ1v) is 7.39. The highest BCUT2D eigenvalue weighted by molar-refractivity contribution is 9.10. The molecule has 116 valence electrons. The normalized spacial score (nSPS) is 25.1. The van der Waals surface area contributed by atoms with E-state index in [0.717, 1.165) is 0 Å². The lowest BCUT2D eigenvalue weighted by atomic mass is 9.75. The molecule has 21 heavy (non-hydrogen) atoms. The van der Waals surface area contributed by atoms with Gasteiger partial charge in [0.1, 0.15) is 16.4 Å². The van der Waals surface area contributed by atoms with Gasteiger partial charge in [-0.3, -0.25) is 0 Å². The lowest BCUT2D eigenvalue weighted by Crippen LogP contribution is -2.48. The van der Waals surface area contributed by atoms with Crippen LogP contribution in [0.1, 0.15) is 39.2 Å². The van der Waals surface area contributed by atoms with E-state index in [-0.39, 0.29) is 18.4 Å². The number of alkyl halides is 1. The largest absolute Gasteiger partial charge is 0.446 e. The van der Waals surface area contributed by atoms with Gasteiger partial charge in [0.2, 0.25) is 5.95 Å². The topological polar surface area (TPSA) is 51.2 Å². The second-order valence-corrected chi connectivity index (χ2v) is 7.06. The van der Waals surface area contributed by atoms with E-state index in [1.54, 1.807) is 0 Å². The third kappa shape index (κ3) is 3.90. The van der Waals surface area contributed by atoms with Crippen molar-refractivity contribution >= 4 is 22.0 Å². The fourth-order valence-corrected chi connectivity index (χ4v) is 2.49. The molecule has 0 saturated heterocycles. The predicted molar refractivity (Wildman–Crippen MR) is 77.1 cm³/mol. The van der Waals surface area contributed by atoms with E-state index in [1.807, 2.05) is 20.8 Å². The average Bonchev–Trinajstić information content (AvgIpc) is 2.23. The minimum Gasteiger partial charge on any atom is -0.446 e. The predicted octanol–water partition coefficient (Wildman–Crippen LogP) is 3.84. The summed E-state index contributed by atoms with van der Waals surface area (Å²) in [7, 11) is 0. The zero-order valence-corrected chi connectivity index (χ0v) is 13.6. The van der Waals surface area contributed by atoms with Crippen molar-refractivity contribution in [2.24, 2.45) is 0 Å². The van der Waals surface area contributed by atoms with Gasteiger partial charge in [-0.25, -0.2) is 14.2 Å². The highest BCUT2D eigenvalue weighted by atomic mass is 79.9. The van der Waals surface area contributed by atoms with E-state index in [1.165, 1.54) is 12.1 Å². The molecule has 1 aliphatic rings. The summed E-state index contributed by atoms with van der Waals surface area (Å²) in [6.07, 6.45) is -1.28. The van der Waals surface area contributed by atoms with E-state index in [0.29, 0.717) is 4.60 Å². The first-order valence-electron chi connectivity index (χ1n) is 6.59. The Labute approximate surface area is 130 Å². The Morgan fingerprint density at radius 1 is 1.48 bits per heavy atom. The van der Waals surface area contributed by atoms with Crippen LogP contribution in [0.5, 0.6) is 0 Å². The molecule has 0 aliphatic heterocycles. The van der Waals surface area contributed by atoms with Crippen LogP contribution >= 0.6 is 15.9 Å². The van der Waals surface area contributed by atoms with Crippen LogP contribution in [0.2, 0.25) is 0 Å². The molecule has 1 saturated carbocycles. The number of rotatable bonds is 2. The van der Waals surface area contributed by atoms with Crippen LogP contribution in [0.15, 0.2) is 16.7 Å². The third-order valence-corrected chi connectivity index (χ3v) is 3.59.